The van der Waals surface area contributed by atoms with Crippen molar-refractivity contribution in [2.45, 2.75) is 38.8 Å². The summed E-state index contributed by atoms with van der Waals surface area (Å²) < 4.78 is 5.75. The van der Waals surface area contributed by atoms with E-state index in [9.17, 15) is 0 Å². The second-order valence-electron chi connectivity index (χ2n) is 5.73. The van der Waals surface area contributed by atoms with Crippen LogP contribution >= 0.6 is 0 Å². The summed E-state index contributed by atoms with van der Waals surface area (Å²) in [5.74, 6) is 0.815. The number of rotatable bonds is 1. The van der Waals surface area contributed by atoms with Crippen LogP contribution in [0.2, 0.25) is 0 Å². The van der Waals surface area contributed by atoms with Gasteiger partial charge in [0.2, 0.25) is 0 Å². The Morgan fingerprint density at radius 3 is 2.80 bits per heavy atom. The maximum Gasteiger partial charge on any atom is 0.0753 e. The highest BCUT2D eigenvalue weighted by Gasteiger charge is 2.32. The van der Waals surface area contributed by atoms with E-state index in [4.69, 9.17) is 4.74 Å². The van der Waals surface area contributed by atoms with Gasteiger partial charge in [0.1, 0.15) is 0 Å². The van der Waals surface area contributed by atoms with E-state index >= 15 is 0 Å². The molecule has 3 nitrogen and oxygen atoms in total. The van der Waals surface area contributed by atoms with Crippen molar-refractivity contribution >= 4 is 0 Å². The molecule has 2 atom stereocenters. The van der Waals surface area contributed by atoms with Gasteiger partial charge in [0.25, 0.3) is 0 Å². The average Bonchev–Trinajstić information content (AvgIpc) is 2.16. The number of nitrogens with one attached hydrogen (secondary N) is 1. The summed E-state index contributed by atoms with van der Waals surface area (Å²) in [5, 5.41) is 3.53. The third-order valence-electron chi connectivity index (χ3n) is 3.52. The first-order valence-electron chi connectivity index (χ1n) is 6.15. The van der Waals surface area contributed by atoms with E-state index < -0.39 is 0 Å². The van der Waals surface area contributed by atoms with Gasteiger partial charge in [0.05, 0.1) is 12.2 Å². The van der Waals surface area contributed by atoms with Crippen molar-refractivity contribution in [2.24, 2.45) is 5.92 Å². The van der Waals surface area contributed by atoms with Gasteiger partial charge in [0.15, 0.2) is 0 Å². The molecule has 0 aromatic carbocycles. The van der Waals surface area contributed by atoms with Crippen molar-refractivity contribution in [3.63, 3.8) is 0 Å². The normalized spacial score (nSPS) is 37.8. The van der Waals surface area contributed by atoms with E-state index in [1.807, 2.05) is 0 Å². The van der Waals surface area contributed by atoms with Crippen LogP contribution in [0.1, 0.15) is 27.2 Å². The van der Waals surface area contributed by atoms with Gasteiger partial charge in [-0.25, -0.2) is 0 Å². The third kappa shape index (κ3) is 2.92. The smallest absolute Gasteiger partial charge is 0.0753 e. The Labute approximate surface area is 93.2 Å². The Kier molecular flexibility index (Phi) is 3.33. The van der Waals surface area contributed by atoms with Crippen LogP contribution in [-0.2, 0) is 4.74 Å². The lowest BCUT2D eigenvalue weighted by Crippen LogP contribution is -2.56. The minimum atomic E-state index is 0.0406. The molecular weight excluding hydrogens is 188 g/mol. The van der Waals surface area contributed by atoms with Gasteiger partial charge in [-0.3, -0.25) is 4.90 Å². The zero-order chi connectivity index (χ0) is 10.9. The van der Waals surface area contributed by atoms with E-state index in [0.717, 1.165) is 38.2 Å². The Morgan fingerprint density at radius 1 is 1.33 bits per heavy atom. The fraction of sp³-hybridized carbons (Fsp3) is 1.00. The molecule has 0 amide bonds. The predicted molar refractivity (Wildman–Crippen MR) is 62.0 cm³/mol. The largest absolute Gasteiger partial charge is 0.373 e. The van der Waals surface area contributed by atoms with Crippen LogP contribution in [-0.4, -0.2) is 49.3 Å². The van der Waals surface area contributed by atoms with Gasteiger partial charge in [-0.2, -0.15) is 0 Å². The Balaban J connectivity index is 1.92. The lowest BCUT2D eigenvalue weighted by Gasteiger charge is -2.44. The molecule has 88 valence electrons. The summed E-state index contributed by atoms with van der Waals surface area (Å²) in [7, 11) is 0. The Hall–Kier alpha value is -0.120. The van der Waals surface area contributed by atoms with Crippen LogP contribution in [0.3, 0.4) is 0 Å². The monoisotopic (exact) mass is 212 g/mol. The fourth-order valence-corrected chi connectivity index (χ4v) is 2.77. The van der Waals surface area contributed by atoms with Crippen LogP contribution in [0.4, 0.5) is 0 Å². The van der Waals surface area contributed by atoms with E-state index in [0.29, 0.717) is 0 Å². The SMILES string of the molecule is CC1CNCC(N2CCOC(C)(C)C2)C1. The maximum absolute atomic E-state index is 5.75. The predicted octanol–water partition coefficient (Wildman–Crippen LogP) is 1.10. The minimum Gasteiger partial charge on any atom is -0.373 e. The van der Waals surface area contributed by atoms with Crippen LogP contribution < -0.4 is 5.32 Å². The quantitative estimate of drug-likeness (QED) is 0.704. The maximum atomic E-state index is 5.75. The summed E-state index contributed by atoms with van der Waals surface area (Å²) in [6.45, 7) is 12.1. The average molecular weight is 212 g/mol. The Morgan fingerprint density at radius 2 is 2.13 bits per heavy atom. The van der Waals surface area contributed by atoms with Crippen molar-refractivity contribution < 1.29 is 4.74 Å². The number of hydrogen-bond donors (Lipinski definition) is 1. The van der Waals surface area contributed by atoms with E-state index in [-0.39, 0.29) is 5.60 Å². The summed E-state index contributed by atoms with van der Waals surface area (Å²) in [6, 6.07) is 0.719. The van der Waals surface area contributed by atoms with E-state index in [1.54, 1.807) is 0 Å². The molecule has 2 fully saturated rings. The lowest BCUT2D eigenvalue weighted by atomic mass is 9.95. The molecule has 15 heavy (non-hydrogen) atoms. The third-order valence-corrected chi connectivity index (χ3v) is 3.52. The molecule has 3 heteroatoms. The molecule has 0 aromatic heterocycles. The van der Waals surface area contributed by atoms with Gasteiger partial charge in [-0.15, -0.1) is 0 Å². The molecule has 2 saturated heterocycles. The van der Waals surface area contributed by atoms with E-state index in [1.165, 1.54) is 13.0 Å². The summed E-state index contributed by atoms with van der Waals surface area (Å²) in [6.07, 6.45) is 1.34. The molecule has 2 aliphatic heterocycles. The van der Waals surface area contributed by atoms with Crippen molar-refractivity contribution in [1.82, 2.24) is 10.2 Å². The molecule has 1 N–H and O–H groups in total. The first kappa shape index (κ1) is 11.4. The zero-order valence-corrected chi connectivity index (χ0v) is 10.3. The first-order valence-corrected chi connectivity index (χ1v) is 6.15. The fourth-order valence-electron chi connectivity index (χ4n) is 2.77. The van der Waals surface area contributed by atoms with E-state index in [2.05, 4.69) is 31.0 Å². The molecule has 0 aliphatic carbocycles. The van der Waals surface area contributed by atoms with Crippen molar-refractivity contribution in [1.29, 1.82) is 0 Å². The van der Waals surface area contributed by atoms with Gasteiger partial charge in [-0.1, -0.05) is 6.92 Å². The first-order chi connectivity index (χ1) is 7.07. The lowest BCUT2D eigenvalue weighted by molar-refractivity contribution is -0.100. The molecule has 2 unspecified atom stereocenters. The summed E-state index contributed by atoms with van der Waals surface area (Å²) in [5.41, 5.74) is 0.0406. The van der Waals surface area contributed by atoms with Crippen LogP contribution in [0.5, 0.6) is 0 Å². The zero-order valence-electron chi connectivity index (χ0n) is 10.3. The number of piperidine rings is 1. The molecule has 0 bridgehead atoms. The number of morpholine rings is 1. The number of nitrogens with zero attached hydrogens (tertiary/aromatic N) is 1. The topological polar surface area (TPSA) is 24.5 Å². The second kappa shape index (κ2) is 4.40. The molecule has 2 aliphatic rings. The van der Waals surface area contributed by atoms with Crippen molar-refractivity contribution in [3.05, 3.63) is 0 Å². The summed E-state index contributed by atoms with van der Waals surface area (Å²) >= 11 is 0. The molecule has 2 heterocycles. The Bertz CT molecular complexity index is 218. The number of hydrogen-bond acceptors (Lipinski definition) is 3. The van der Waals surface area contributed by atoms with Gasteiger partial charge < -0.3 is 10.1 Å². The highest BCUT2D eigenvalue weighted by atomic mass is 16.5. The minimum absolute atomic E-state index is 0.0406. The standard InChI is InChI=1S/C12H24N2O/c1-10-6-11(8-13-7-10)14-4-5-15-12(2,3)9-14/h10-11,13H,4-9H2,1-3H3. The molecule has 0 aromatic rings. The number of ether oxygens (including phenoxy) is 1. The highest BCUT2D eigenvalue weighted by Crippen LogP contribution is 2.22. The molecule has 2 rings (SSSR count). The second-order valence-corrected chi connectivity index (χ2v) is 5.73. The van der Waals surface area contributed by atoms with Crippen molar-refractivity contribution in [2.75, 3.05) is 32.8 Å². The molecule has 0 radical (unpaired) electrons. The molecular formula is C12H24N2O. The molecule has 0 saturated carbocycles. The van der Waals surface area contributed by atoms with Gasteiger partial charge in [-0.05, 0) is 32.7 Å². The summed E-state index contributed by atoms with van der Waals surface area (Å²) in [4.78, 5) is 2.60. The van der Waals surface area contributed by atoms with Crippen LogP contribution in [0.25, 0.3) is 0 Å². The van der Waals surface area contributed by atoms with Crippen LogP contribution in [0, 0.1) is 5.92 Å². The van der Waals surface area contributed by atoms with Crippen molar-refractivity contribution in [3.8, 4) is 0 Å². The highest BCUT2D eigenvalue weighted by molar-refractivity contribution is 4.87. The van der Waals surface area contributed by atoms with Crippen LogP contribution in [0.15, 0.2) is 0 Å². The molecule has 0 spiro atoms. The van der Waals surface area contributed by atoms with Gasteiger partial charge >= 0.3 is 0 Å². The van der Waals surface area contributed by atoms with Gasteiger partial charge in [0, 0.05) is 25.7 Å².